The number of nitrogens with zero attached hydrogens (tertiary/aromatic N) is 3. The van der Waals surface area contributed by atoms with Crippen LogP contribution in [0.1, 0.15) is 60.1 Å². The van der Waals surface area contributed by atoms with E-state index in [0.717, 1.165) is 38.4 Å². The lowest BCUT2D eigenvalue weighted by atomic mass is 9.96. The summed E-state index contributed by atoms with van der Waals surface area (Å²) in [7, 11) is 0. The molecule has 1 aliphatic heterocycles. The second-order valence-electron chi connectivity index (χ2n) is 9.37. The lowest BCUT2D eigenvalue weighted by Gasteiger charge is -2.36. The zero-order valence-corrected chi connectivity index (χ0v) is 20.0. The molecule has 1 atom stereocenters. The molecule has 176 valence electrons. The third-order valence-corrected chi connectivity index (χ3v) is 5.35. The van der Waals surface area contributed by atoms with Gasteiger partial charge in [-0.15, -0.1) is 0 Å². The molecule has 2 N–H and O–H groups in total. The molecule has 8 nitrogen and oxygen atoms in total. The van der Waals surface area contributed by atoms with Gasteiger partial charge in [-0.2, -0.15) is 0 Å². The first-order valence-corrected chi connectivity index (χ1v) is 11.3. The van der Waals surface area contributed by atoms with Crippen molar-refractivity contribution < 1.29 is 19.1 Å². The number of piperidine rings is 1. The summed E-state index contributed by atoms with van der Waals surface area (Å²) in [5, 5.41) is 14.0. The van der Waals surface area contributed by atoms with Gasteiger partial charge in [0.25, 0.3) is 0 Å². The van der Waals surface area contributed by atoms with Gasteiger partial charge in [-0.1, -0.05) is 0 Å². The van der Waals surface area contributed by atoms with E-state index in [2.05, 4.69) is 15.2 Å². The van der Waals surface area contributed by atoms with Crippen molar-refractivity contribution in [1.29, 1.82) is 0 Å². The van der Waals surface area contributed by atoms with Gasteiger partial charge in [0.2, 0.25) is 0 Å². The Morgan fingerprint density at radius 2 is 2.00 bits per heavy atom. The summed E-state index contributed by atoms with van der Waals surface area (Å²) in [6, 6.07) is 3.53. The third kappa shape index (κ3) is 7.76. The molecule has 1 amide bonds. The molecule has 2 rings (SSSR count). The van der Waals surface area contributed by atoms with Crippen LogP contribution in [0.15, 0.2) is 27.8 Å². The van der Waals surface area contributed by atoms with Gasteiger partial charge in [-0.25, -0.2) is 9.79 Å². The highest BCUT2D eigenvalue weighted by atomic mass is 16.6. The van der Waals surface area contributed by atoms with Crippen LogP contribution in [0, 0.1) is 5.92 Å². The maximum absolute atomic E-state index is 12.4. The van der Waals surface area contributed by atoms with Crippen LogP contribution in [0.3, 0.4) is 0 Å². The lowest BCUT2D eigenvalue weighted by molar-refractivity contribution is 0.0214. The minimum absolute atomic E-state index is 0.213. The lowest BCUT2D eigenvalue weighted by Crippen LogP contribution is -2.48. The summed E-state index contributed by atoms with van der Waals surface area (Å²) >= 11 is 0. The molecule has 1 unspecified atom stereocenters. The van der Waals surface area contributed by atoms with Gasteiger partial charge in [0.1, 0.15) is 17.0 Å². The van der Waals surface area contributed by atoms with Crippen LogP contribution in [-0.4, -0.2) is 71.8 Å². The van der Waals surface area contributed by atoms with Crippen LogP contribution >= 0.6 is 0 Å². The number of furan rings is 1. The first-order valence-electron chi connectivity index (χ1n) is 11.3. The Bertz CT molecular complexity index is 702. The van der Waals surface area contributed by atoms with Crippen molar-refractivity contribution in [2.75, 3.05) is 39.3 Å². The molecule has 0 aliphatic carbocycles. The number of carbonyl (C=O) groups excluding carboxylic acids is 1. The number of hydrogen-bond donors (Lipinski definition) is 2. The van der Waals surface area contributed by atoms with Gasteiger partial charge >= 0.3 is 6.09 Å². The van der Waals surface area contributed by atoms with E-state index in [1.807, 2.05) is 34.6 Å². The Kier molecular flexibility index (Phi) is 8.79. The zero-order chi connectivity index (χ0) is 23.1. The first kappa shape index (κ1) is 25.0. The quantitative estimate of drug-likeness (QED) is 0.503. The molecule has 1 aromatic rings. The van der Waals surface area contributed by atoms with Gasteiger partial charge < -0.3 is 29.4 Å². The second kappa shape index (κ2) is 10.9. The number of rotatable bonds is 7. The topological polar surface area (TPSA) is 90.5 Å². The summed E-state index contributed by atoms with van der Waals surface area (Å²) < 4.78 is 10.9. The number of ether oxygens (including phenoxy) is 1. The largest absolute Gasteiger partial charge is 0.466 e. The maximum Gasteiger partial charge on any atom is 0.410 e. The van der Waals surface area contributed by atoms with Crippen molar-refractivity contribution in [2.45, 2.75) is 65.6 Å². The van der Waals surface area contributed by atoms with E-state index in [4.69, 9.17) is 9.15 Å². The number of nitrogens with one attached hydrogen (secondary N) is 1. The number of carbonyl (C=O) groups is 1. The normalized spacial score (nSPS) is 17.9. The Hall–Kier alpha value is -2.22. The fourth-order valence-electron chi connectivity index (χ4n) is 3.62. The predicted molar refractivity (Wildman–Crippen MR) is 122 cm³/mol. The second-order valence-corrected chi connectivity index (χ2v) is 9.37. The highest BCUT2D eigenvalue weighted by molar-refractivity contribution is 5.80. The van der Waals surface area contributed by atoms with Crippen molar-refractivity contribution in [1.82, 2.24) is 15.1 Å². The van der Waals surface area contributed by atoms with E-state index >= 15 is 0 Å². The molecule has 1 saturated heterocycles. The number of aliphatic hydroxyl groups is 1. The zero-order valence-electron chi connectivity index (χ0n) is 20.0. The molecule has 0 bridgehead atoms. The van der Waals surface area contributed by atoms with E-state index in [1.165, 1.54) is 0 Å². The van der Waals surface area contributed by atoms with Gasteiger partial charge in [-0.05, 0) is 72.4 Å². The summed E-state index contributed by atoms with van der Waals surface area (Å²) in [5.74, 6) is 1.73. The highest BCUT2D eigenvalue weighted by Crippen LogP contribution is 2.23. The fraction of sp³-hybridized carbons (Fsp3) is 0.739. The van der Waals surface area contributed by atoms with Crippen LogP contribution in [0.5, 0.6) is 0 Å². The minimum Gasteiger partial charge on any atom is -0.466 e. The maximum atomic E-state index is 12.4. The molecule has 0 saturated carbocycles. The number of amides is 1. The number of likely N-dealkylation sites (tertiary alicyclic amines) is 1. The fourth-order valence-corrected chi connectivity index (χ4v) is 3.62. The van der Waals surface area contributed by atoms with Crippen LogP contribution in [0.25, 0.3) is 0 Å². The number of aliphatic imine (C=N–C) groups is 1. The Balaban J connectivity index is 1.93. The molecule has 31 heavy (non-hydrogen) atoms. The molecule has 2 heterocycles. The standard InChI is InChI=1S/C23H40N4O4/c1-7-24-20(25-17-23(6,29)19-10-9-15-30-19)27-13-11-18(12-14-27)16-26(8-2)21(28)31-22(3,4)5/h9-10,15,18,29H,7-8,11-14,16-17H2,1-6H3,(H,24,25). The molecule has 1 aliphatic rings. The van der Waals surface area contributed by atoms with Gasteiger partial charge in [-0.3, -0.25) is 0 Å². The van der Waals surface area contributed by atoms with Crippen LogP contribution in [0.2, 0.25) is 0 Å². The minimum atomic E-state index is -1.16. The van der Waals surface area contributed by atoms with E-state index < -0.39 is 11.2 Å². The average Bonchev–Trinajstić information content (AvgIpc) is 3.24. The highest BCUT2D eigenvalue weighted by Gasteiger charge is 2.29. The molecule has 1 aromatic heterocycles. The van der Waals surface area contributed by atoms with Crippen molar-refractivity contribution in [3.8, 4) is 0 Å². The SMILES string of the molecule is CCNC(=NCC(C)(O)c1ccco1)N1CCC(CN(CC)C(=O)OC(C)(C)C)CC1. The molecular formula is C23H40N4O4. The number of hydrogen-bond acceptors (Lipinski definition) is 5. The summed E-state index contributed by atoms with van der Waals surface area (Å²) in [6.07, 6.45) is 3.25. The average molecular weight is 437 g/mol. The monoisotopic (exact) mass is 436 g/mol. The Morgan fingerprint density at radius 1 is 1.32 bits per heavy atom. The van der Waals surface area contributed by atoms with E-state index in [-0.39, 0.29) is 12.6 Å². The van der Waals surface area contributed by atoms with Crippen LogP contribution < -0.4 is 5.32 Å². The third-order valence-electron chi connectivity index (χ3n) is 5.35. The Morgan fingerprint density at radius 3 is 2.52 bits per heavy atom. The molecular weight excluding hydrogens is 396 g/mol. The Labute approximate surface area is 186 Å². The summed E-state index contributed by atoms with van der Waals surface area (Å²) in [4.78, 5) is 21.1. The van der Waals surface area contributed by atoms with Crippen molar-refractivity contribution in [2.24, 2.45) is 10.9 Å². The van der Waals surface area contributed by atoms with Gasteiger partial charge in [0.15, 0.2) is 5.96 Å². The van der Waals surface area contributed by atoms with Crippen molar-refractivity contribution in [3.63, 3.8) is 0 Å². The van der Waals surface area contributed by atoms with Crippen LogP contribution in [-0.2, 0) is 10.3 Å². The molecule has 8 heteroatoms. The van der Waals surface area contributed by atoms with Gasteiger partial charge in [0, 0.05) is 32.7 Å². The van der Waals surface area contributed by atoms with E-state index in [1.54, 1.807) is 30.2 Å². The molecule has 0 spiro atoms. The molecule has 1 fully saturated rings. The predicted octanol–water partition coefficient (Wildman–Crippen LogP) is 3.42. The first-order chi connectivity index (χ1) is 14.6. The summed E-state index contributed by atoms with van der Waals surface area (Å²) in [5.41, 5.74) is -1.64. The molecule has 0 aromatic carbocycles. The van der Waals surface area contributed by atoms with Crippen molar-refractivity contribution in [3.05, 3.63) is 24.2 Å². The van der Waals surface area contributed by atoms with Crippen molar-refractivity contribution >= 4 is 12.1 Å². The summed E-state index contributed by atoms with van der Waals surface area (Å²) in [6.45, 7) is 15.4. The molecule has 0 radical (unpaired) electrons. The smallest absolute Gasteiger partial charge is 0.410 e. The van der Waals surface area contributed by atoms with E-state index in [0.29, 0.717) is 24.8 Å². The van der Waals surface area contributed by atoms with Gasteiger partial charge in [0.05, 0.1) is 12.8 Å². The number of guanidine groups is 1. The van der Waals surface area contributed by atoms with E-state index in [9.17, 15) is 9.90 Å². The van der Waals surface area contributed by atoms with Crippen LogP contribution in [0.4, 0.5) is 4.79 Å².